The fourth-order valence-electron chi connectivity index (χ4n) is 5.73. The second kappa shape index (κ2) is 9.39. The minimum absolute atomic E-state index is 0.0321. The van der Waals surface area contributed by atoms with Crippen LogP contribution in [-0.2, 0) is 33.0 Å². The number of hydrogen-bond acceptors (Lipinski definition) is 8. The summed E-state index contributed by atoms with van der Waals surface area (Å²) in [5, 5.41) is 1.04. The van der Waals surface area contributed by atoms with Crippen molar-refractivity contribution in [1.29, 1.82) is 0 Å². The summed E-state index contributed by atoms with van der Waals surface area (Å²) in [6.45, 7) is 3.82. The number of nitrogens with two attached hydrogens (primary N) is 1. The molecule has 1 aromatic carbocycles. The summed E-state index contributed by atoms with van der Waals surface area (Å²) in [5.41, 5.74) is 9.01. The molecular weight excluding hydrogens is 484 g/mol. The summed E-state index contributed by atoms with van der Waals surface area (Å²) in [6.07, 6.45) is 7.47. The molecule has 0 bridgehead atoms. The molecule has 0 spiro atoms. The van der Waals surface area contributed by atoms with E-state index in [1.54, 1.807) is 14.2 Å². The van der Waals surface area contributed by atoms with Crippen molar-refractivity contribution < 1.29 is 4.74 Å². The highest BCUT2D eigenvalue weighted by atomic mass is 16.5. The maximum atomic E-state index is 13.9. The number of fused-ring (bicyclic) bond motifs is 1. The minimum atomic E-state index is -0.452. The molecule has 1 fully saturated rings. The van der Waals surface area contributed by atoms with Crippen LogP contribution < -0.4 is 26.6 Å². The first-order valence-corrected chi connectivity index (χ1v) is 13.1. The highest BCUT2D eigenvalue weighted by Gasteiger charge is 2.27. The maximum Gasteiger partial charge on any atom is 0.332 e. The predicted molar refractivity (Wildman–Crippen MR) is 146 cm³/mol. The third-order valence-corrected chi connectivity index (χ3v) is 7.62. The first-order valence-electron chi connectivity index (χ1n) is 13.1. The summed E-state index contributed by atoms with van der Waals surface area (Å²) in [5.74, 6) is 1.82. The van der Waals surface area contributed by atoms with E-state index in [-0.39, 0.29) is 12.6 Å². The molecule has 1 aliphatic carbocycles. The predicted octanol–water partition coefficient (Wildman–Crippen LogP) is 1.50. The number of anilines is 1. The van der Waals surface area contributed by atoms with Gasteiger partial charge in [-0.3, -0.25) is 13.9 Å². The largest absolute Gasteiger partial charge is 0.497 e. The van der Waals surface area contributed by atoms with Gasteiger partial charge in [0.2, 0.25) is 5.95 Å². The van der Waals surface area contributed by atoms with Crippen LogP contribution in [0.3, 0.4) is 0 Å². The molecule has 0 unspecified atom stereocenters. The fraction of sp³-hybridized carbons (Fsp3) is 0.444. The lowest BCUT2D eigenvalue weighted by molar-refractivity contribution is 0.415. The molecule has 2 aliphatic rings. The Morgan fingerprint density at radius 2 is 2.00 bits per heavy atom. The van der Waals surface area contributed by atoms with Gasteiger partial charge in [-0.2, -0.15) is 4.98 Å². The molecule has 0 saturated carbocycles. The molecular formula is C27H32N8O3. The standard InChI is InChI=1S/C27H32N8O3/c1-4-5-11-34-23-24(31-26(34)33-10-6-7-17(28)14-33)32(2)27(37)35(25(23)36)15-21-29-19-9-8-16-12-18(38-3)13-20(30-21)22(16)19/h4-5,12-13,17H,6-11,14-15,28H2,1-3H3/b5-4+/t17-/m1/s1. The van der Waals surface area contributed by atoms with E-state index in [1.165, 1.54) is 9.13 Å². The number of piperidine rings is 1. The van der Waals surface area contributed by atoms with Crippen LogP contribution in [0.2, 0.25) is 0 Å². The Hall–Kier alpha value is -3.99. The van der Waals surface area contributed by atoms with E-state index in [2.05, 4.69) is 4.90 Å². The topological polar surface area (TPSA) is 126 Å². The zero-order valence-corrected chi connectivity index (χ0v) is 22.0. The molecule has 38 heavy (non-hydrogen) atoms. The van der Waals surface area contributed by atoms with Gasteiger partial charge in [0.1, 0.15) is 11.6 Å². The van der Waals surface area contributed by atoms with E-state index in [1.807, 2.05) is 35.8 Å². The molecule has 4 heterocycles. The van der Waals surface area contributed by atoms with Gasteiger partial charge in [0, 0.05) is 44.2 Å². The van der Waals surface area contributed by atoms with Crippen molar-refractivity contribution in [2.24, 2.45) is 12.8 Å². The van der Waals surface area contributed by atoms with Crippen LogP contribution in [0.1, 0.15) is 36.8 Å². The van der Waals surface area contributed by atoms with Gasteiger partial charge in [0.25, 0.3) is 5.56 Å². The third kappa shape index (κ3) is 3.89. The second-order valence-corrected chi connectivity index (χ2v) is 10.1. The number of aryl methyl sites for hydroxylation is 3. The fourth-order valence-corrected chi connectivity index (χ4v) is 5.73. The van der Waals surface area contributed by atoms with E-state index in [0.29, 0.717) is 36.0 Å². The average molecular weight is 517 g/mol. The Kier molecular flexibility index (Phi) is 6.02. The van der Waals surface area contributed by atoms with Crippen LogP contribution in [0.5, 0.6) is 5.75 Å². The lowest BCUT2D eigenvalue weighted by Crippen LogP contribution is -2.44. The highest BCUT2D eigenvalue weighted by Crippen LogP contribution is 2.32. The maximum absolute atomic E-state index is 13.9. The number of hydrogen-bond donors (Lipinski definition) is 1. The number of aromatic nitrogens is 6. The first kappa shape index (κ1) is 24.4. The van der Waals surface area contributed by atoms with Gasteiger partial charge in [0.05, 0.1) is 24.9 Å². The summed E-state index contributed by atoms with van der Waals surface area (Å²) < 4.78 is 10.0. The molecule has 0 radical (unpaired) electrons. The molecule has 6 rings (SSSR count). The highest BCUT2D eigenvalue weighted by molar-refractivity contribution is 5.88. The average Bonchev–Trinajstić information content (AvgIpc) is 3.51. The Bertz CT molecular complexity index is 1710. The van der Waals surface area contributed by atoms with Crippen molar-refractivity contribution in [1.82, 2.24) is 28.7 Å². The van der Waals surface area contributed by atoms with Gasteiger partial charge in [0.15, 0.2) is 11.2 Å². The van der Waals surface area contributed by atoms with Crippen LogP contribution in [0.15, 0.2) is 33.9 Å². The molecule has 1 saturated heterocycles. The van der Waals surface area contributed by atoms with Gasteiger partial charge < -0.3 is 19.9 Å². The van der Waals surface area contributed by atoms with E-state index in [0.717, 1.165) is 60.1 Å². The van der Waals surface area contributed by atoms with Crippen LogP contribution >= 0.6 is 0 Å². The molecule has 11 nitrogen and oxygen atoms in total. The zero-order chi connectivity index (χ0) is 26.6. The Morgan fingerprint density at radius 3 is 2.76 bits per heavy atom. The SMILES string of the molecule is C/C=C/Cn1c(N2CCC[C@@H](N)C2)nc2c1c(=O)n(Cc1nc3c4c(cc(OC)cc4n1)CC3)c(=O)n2C. The zero-order valence-electron chi connectivity index (χ0n) is 22.0. The van der Waals surface area contributed by atoms with Gasteiger partial charge in [-0.1, -0.05) is 12.2 Å². The van der Waals surface area contributed by atoms with Crippen LogP contribution in [-0.4, -0.2) is 54.9 Å². The van der Waals surface area contributed by atoms with Crippen LogP contribution in [0.4, 0.5) is 5.95 Å². The minimum Gasteiger partial charge on any atom is -0.497 e. The van der Waals surface area contributed by atoms with Crippen molar-refractivity contribution in [3.63, 3.8) is 0 Å². The molecule has 0 amide bonds. The quantitative estimate of drug-likeness (QED) is 0.382. The number of methoxy groups -OCH3 is 1. The van der Waals surface area contributed by atoms with Gasteiger partial charge in [-0.15, -0.1) is 0 Å². The summed E-state index contributed by atoms with van der Waals surface area (Å²) in [6, 6.07) is 3.94. The Labute approximate surface area is 219 Å². The van der Waals surface area contributed by atoms with E-state index < -0.39 is 11.2 Å². The molecule has 198 valence electrons. The Morgan fingerprint density at radius 1 is 1.16 bits per heavy atom. The number of allylic oxidation sites excluding steroid dienone is 2. The van der Waals surface area contributed by atoms with Crippen LogP contribution in [0, 0.1) is 0 Å². The first-order chi connectivity index (χ1) is 18.4. The number of benzene rings is 1. The molecule has 2 N–H and O–H groups in total. The number of nitrogens with zero attached hydrogens (tertiary/aromatic N) is 7. The van der Waals surface area contributed by atoms with Crippen LogP contribution in [0.25, 0.3) is 22.1 Å². The number of ether oxygens (including phenoxy) is 1. The lowest BCUT2D eigenvalue weighted by Gasteiger charge is -2.31. The molecule has 1 atom stereocenters. The summed E-state index contributed by atoms with van der Waals surface area (Å²) in [4.78, 5) is 43.8. The van der Waals surface area contributed by atoms with Crippen molar-refractivity contribution in [3.8, 4) is 5.75 Å². The van der Waals surface area contributed by atoms with Gasteiger partial charge >= 0.3 is 5.69 Å². The monoisotopic (exact) mass is 516 g/mol. The van der Waals surface area contributed by atoms with E-state index >= 15 is 0 Å². The summed E-state index contributed by atoms with van der Waals surface area (Å²) >= 11 is 0. The molecule has 1 aliphatic heterocycles. The van der Waals surface area contributed by atoms with Crippen molar-refractivity contribution in [3.05, 3.63) is 62.2 Å². The molecule has 3 aromatic heterocycles. The van der Waals surface area contributed by atoms with Crippen molar-refractivity contribution in [2.45, 2.75) is 51.7 Å². The summed E-state index contributed by atoms with van der Waals surface area (Å²) in [7, 11) is 3.28. The van der Waals surface area contributed by atoms with Gasteiger partial charge in [-0.25, -0.2) is 14.8 Å². The van der Waals surface area contributed by atoms with E-state index in [4.69, 9.17) is 25.4 Å². The van der Waals surface area contributed by atoms with E-state index in [9.17, 15) is 9.59 Å². The number of imidazole rings is 1. The lowest BCUT2D eigenvalue weighted by atomic mass is 10.1. The second-order valence-electron chi connectivity index (χ2n) is 10.1. The number of rotatable bonds is 6. The molecule has 4 aromatic rings. The molecule has 11 heteroatoms. The van der Waals surface area contributed by atoms with Gasteiger partial charge in [-0.05, 0) is 44.2 Å². The smallest absolute Gasteiger partial charge is 0.332 e. The normalized spacial score (nSPS) is 17.4. The Balaban J connectivity index is 1.50. The third-order valence-electron chi connectivity index (χ3n) is 7.62. The van der Waals surface area contributed by atoms with Crippen molar-refractivity contribution in [2.75, 3.05) is 25.1 Å². The van der Waals surface area contributed by atoms with Crippen molar-refractivity contribution >= 4 is 28.0 Å².